The number of rotatable bonds is 7. The van der Waals surface area contributed by atoms with Crippen LogP contribution in [0.15, 0.2) is 54.9 Å². The van der Waals surface area contributed by atoms with E-state index in [1.165, 1.54) is 5.56 Å². The molecule has 0 aliphatic heterocycles. The van der Waals surface area contributed by atoms with Gasteiger partial charge in [0.1, 0.15) is 12.1 Å². The Morgan fingerprint density at radius 1 is 0.958 bits per heavy atom. The largest absolute Gasteiger partial charge is 0.369 e. The van der Waals surface area contributed by atoms with E-state index in [1.807, 2.05) is 42.5 Å². The van der Waals surface area contributed by atoms with E-state index in [1.54, 1.807) is 20.5 Å². The van der Waals surface area contributed by atoms with Crippen LogP contribution in [0.1, 0.15) is 17.4 Å². The maximum atomic E-state index is 5.39. The number of aromatic nitrogens is 2. The number of methoxy groups -OCH3 is 2. The first-order valence-electron chi connectivity index (χ1n) is 7.90. The van der Waals surface area contributed by atoms with Gasteiger partial charge in [-0.2, -0.15) is 0 Å². The lowest BCUT2D eigenvalue weighted by Gasteiger charge is -2.18. The van der Waals surface area contributed by atoms with Gasteiger partial charge < -0.3 is 14.8 Å². The van der Waals surface area contributed by atoms with E-state index in [4.69, 9.17) is 9.47 Å². The van der Waals surface area contributed by atoms with Gasteiger partial charge in [-0.3, -0.25) is 0 Å². The number of anilines is 1. The second kappa shape index (κ2) is 7.86. The summed E-state index contributed by atoms with van der Waals surface area (Å²) in [6.07, 6.45) is 2.09. The quantitative estimate of drug-likeness (QED) is 0.674. The summed E-state index contributed by atoms with van der Waals surface area (Å²) in [7, 11) is 3.30. The van der Waals surface area contributed by atoms with Gasteiger partial charge in [0.2, 0.25) is 0 Å². The Kier molecular flexibility index (Phi) is 5.36. The van der Waals surface area contributed by atoms with Gasteiger partial charge >= 0.3 is 0 Å². The SMILES string of the molecule is COC(OC)c1ccccc1CCNc1ncnc2ccccc12. The molecular weight excluding hydrogens is 302 g/mol. The molecule has 0 unspecified atom stereocenters. The average Bonchev–Trinajstić information content (AvgIpc) is 2.64. The lowest BCUT2D eigenvalue weighted by atomic mass is 10.0. The number of nitrogens with one attached hydrogen (secondary N) is 1. The summed E-state index contributed by atoms with van der Waals surface area (Å²) in [4.78, 5) is 8.64. The maximum Gasteiger partial charge on any atom is 0.183 e. The number of para-hydroxylation sites is 1. The van der Waals surface area contributed by atoms with E-state index in [2.05, 4.69) is 21.4 Å². The van der Waals surface area contributed by atoms with Crippen LogP contribution in [-0.2, 0) is 15.9 Å². The van der Waals surface area contributed by atoms with Crippen molar-refractivity contribution in [3.05, 3.63) is 66.0 Å². The van der Waals surface area contributed by atoms with Gasteiger partial charge in [-0.15, -0.1) is 0 Å². The summed E-state index contributed by atoms with van der Waals surface area (Å²) in [5.74, 6) is 0.855. The second-order valence-electron chi connectivity index (χ2n) is 5.42. The standard InChI is InChI=1S/C19H21N3O2/c1-23-19(24-2)15-8-4-3-7-14(15)11-12-20-18-16-9-5-6-10-17(16)21-13-22-18/h3-10,13,19H,11-12H2,1-2H3,(H,20,21,22). The zero-order valence-corrected chi connectivity index (χ0v) is 13.9. The van der Waals surface area contributed by atoms with Crippen molar-refractivity contribution in [1.29, 1.82) is 0 Å². The highest BCUT2D eigenvalue weighted by molar-refractivity contribution is 5.88. The molecule has 3 aromatic rings. The van der Waals surface area contributed by atoms with Gasteiger partial charge in [-0.1, -0.05) is 36.4 Å². The summed E-state index contributed by atoms with van der Waals surface area (Å²) < 4.78 is 10.8. The molecular formula is C19H21N3O2. The van der Waals surface area contributed by atoms with Crippen LogP contribution in [0.3, 0.4) is 0 Å². The summed E-state index contributed by atoms with van der Waals surface area (Å²) in [6, 6.07) is 16.1. The van der Waals surface area contributed by atoms with Gasteiger partial charge in [0.25, 0.3) is 0 Å². The monoisotopic (exact) mass is 323 g/mol. The smallest absolute Gasteiger partial charge is 0.183 e. The number of fused-ring (bicyclic) bond motifs is 1. The third-order valence-corrected chi connectivity index (χ3v) is 3.97. The molecule has 1 aromatic heterocycles. The van der Waals surface area contributed by atoms with Crippen molar-refractivity contribution in [2.75, 3.05) is 26.1 Å². The normalized spacial score (nSPS) is 11.1. The Morgan fingerprint density at radius 2 is 1.71 bits per heavy atom. The molecule has 0 radical (unpaired) electrons. The van der Waals surface area contributed by atoms with Crippen LogP contribution >= 0.6 is 0 Å². The molecule has 0 amide bonds. The molecule has 0 spiro atoms. The molecule has 0 atom stereocenters. The van der Waals surface area contributed by atoms with E-state index < -0.39 is 0 Å². The van der Waals surface area contributed by atoms with Crippen LogP contribution in [-0.4, -0.2) is 30.7 Å². The maximum absolute atomic E-state index is 5.39. The molecule has 0 saturated carbocycles. The van der Waals surface area contributed by atoms with Crippen molar-refractivity contribution in [2.45, 2.75) is 12.7 Å². The fourth-order valence-corrected chi connectivity index (χ4v) is 2.80. The van der Waals surface area contributed by atoms with Gasteiger partial charge in [0.05, 0.1) is 5.52 Å². The zero-order valence-electron chi connectivity index (χ0n) is 13.9. The minimum atomic E-state index is -0.346. The first kappa shape index (κ1) is 16.4. The molecule has 5 heteroatoms. The summed E-state index contributed by atoms with van der Waals surface area (Å²) in [5.41, 5.74) is 3.18. The first-order valence-corrected chi connectivity index (χ1v) is 7.90. The van der Waals surface area contributed by atoms with Gasteiger partial charge in [0, 0.05) is 31.7 Å². The Labute approximate surface area is 141 Å². The molecule has 0 aliphatic carbocycles. The molecule has 124 valence electrons. The minimum Gasteiger partial charge on any atom is -0.369 e. The van der Waals surface area contributed by atoms with Crippen LogP contribution in [0.4, 0.5) is 5.82 Å². The van der Waals surface area contributed by atoms with E-state index in [-0.39, 0.29) is 6.29 Å². The van der Waals surface area contributed by atoms with Crippen LogP contribution in [0.2, 0.25) is 0 Å². The summed E-state index contributed by atoms with van der Waals surface area (Å²) in [6.45, 7) is 0.762. The second-order valence-corrected chi connectivity index (χ2v) is 5.42. The van der Waals surface area contributed by atoms with Crippen LogP contribution in [0.25, 0.3) is 10.9 Å². The van der Waals surface area contributed by atoms with Crippen LogP contribution in [0.5, 0.6) is 0 Å². The van der Waals surface area contributed by atoms with E-state index in [0.29, 0.717) is 0 Å². The van der Waals surface area contributed by atoms with E-state index >= 15 is 0 Å². The third-order valence-electron chi connectivity index (χ3n) is 3.97. The Bertz CT molecular complexity index is 798. The predicted octanol–water partition coefficient (Wildman–Crippen LogP) is 3.58. The number of ether oxygens (including phenoxy) is 2. The molecule has 0 saturated heterocycles. The fourth-order valence-electron chi connectivity index (χ4n) is 2.80. The molecule has 1 N–H and O–H groups in total. The topological polar surface area (TPSA) is 56.3 Å². The van der Waals surface area contributed by atoms with Gasteiger partial charge in [0.15, 0.2) is 6.29 Å². The van der Waals surface area contributed by atoms with Gasteiger partial charge in [-0.05, 0) is 24.1 Å². The lowest BCUT2D eigenvalue weighted by Crippen LogP contribution is -2.11. The summed E-state index contributed by atoms with van der Waals surface area (Å²) >= 11 is 0. The highest BCUT2D eigenvalue weighted by Crippen LogP contribution is 2.23. The molecule has 24 heavy (non-hydrogen) atoms. The van der Waals surface area contributed by atoms with Crippen molar-refractivity contribution >= 4 is 16.7 Å². The van der Waals surface area contributed by atoms with Crippen molar-refractivity contribution in [3.63, 3.8) is 0 Å². The number of nitrogens with zero attached hydrogens (tertiary/aromatic N) is 2. The molecule has 0 fully saturated rings. The Hall–Kier alpha value is -2.50. The fraction of sp³-hybridized carbons (Fsp3) is 0.263. The highest BCUT2D eigenvalue weighted by atomic mass is 16.7. The lowest BCUT2D eigenvalue weighted by molar-refractivity contribution is -0.106. The van der Waals surface area contributed by atoms with E-state index in [9.17, 15) is 0 Å². The molecule has 5 nitrogen and oxygen atoms in total. The van der Waals surface area contributed by atoms with Crippen LogP contribution < -0.4 is 5.32 Å². The Balaban J connectivity index is 1.73. The highest BCUT2D eigenvalue weighted by Gasteiger charge is 2.13. The minimum absolute atomic E-state index is 0.346. The summed E-state index contributed by atoms with van der Waals surface area (Å²) in [5, 5.41) is 4.43. The first-order chi connectivity index (χ1) is 11.8. The third kappa shape index (κ3) is 3.53. The average molecular weight is 323 g/mol. The Morgan fingerprint density at radius 3 is 2.54 bits per heavy atom. The van der Waals surface area contributed by atoms with Crippen LogP contribution in [0, 0.1) is 0 Å². The van der Waals surface area contributed by atoms with Crippen molar-refractivity contribution in [3.8, 4) is 0 Å². The molecule has 2 aromatic carbocycles. The molecule has 1 heterocycles. The number of benzene rings is 2. The van der Waals surface area contributed by atoms with Crippen molar-refractivity contribution in [2.24, 2.45) is 0 Å². The van der Waals surface area contributed by atoms with Crippen molar-refractivity contribution < 1.29 is 9.47 Å². The number of hydrogen-bond acceptors (Lipinski definition) is 5. The molecule has 0 aliphatic rings. The van der Waals surface area contributed by atoms with E-state index in [0.717, 1.165) is 35.2 Å². The predicted molar refractivity (Wildman–Crippen MR) is 94.9 cm³/mol. The van der Waals surface area contributed by atoms with Crippen molar-refractivity contribution in [1.82, 2.24) is 9.97 Å². The zero-order chi connectivity index (χ0) is 16.8. The van der Waals surface area contributed by atoms with Gasteiger partial charge in [-0.25, -0.2) is 9.97 Å². The molecule has 3 rings (SSSR count). The number of hydrogen-bond donors (Lipinski definition) is 1. The molecule has 0 bridgehead atoms.